The van der Waals surface area contributed by atoms with E-state index in [-0.39, 0.29) is 6.04 Å². The first-order valence-corrected chi connectivity index (χ1v) is 6.25. The average molecular weight is 252 g/mol. The second kappa shape index (κ2) is 4.78. The Bertz CT molecular complexity index is 703. The molecule has 0 radical (unpaired) electrons. The molecule has 1 aromatic heterocycles. The van der Waals surface area contributed by atoms with Crippen LogP contribution in [0.5, 0.6) is 5.75 Å². The number of methoxy groups -OCH3 is 1. The van der Waals surface area contributed by atoms with E-state index >= 15 is 0 Å². The van der Waals surface area contributed by atoms with Crippen LogP contribution in [0.25, 0.3) is 10.9 Å². The second-order valence-electron chi connectivity index (χ2n) is 4.54. The van der Waals surface area contributed by atoms with Crippen molar-refractivity contribution in [3.63, 3.8) is 0 Å². The van der Waals surface area contributed by atoms with Crippen molar-refractivity contribution in [3.05, 3.63) is 65.9 Å². The number of rotatable bonds is 3. The number of ether oxygens (including phenoxy) is 1. The van der Waals surface area contributed by atoms with E-state index in [0.717, 1.165) is 27.8 Å². The van der Waals surface area contributed by atoms with E-state index in [1.54, 1.807) is 7.11 Å². The number of nitrogens with two attached hydrogens (primary N) is 1. The van der Waals surface area contributed by atoms with E-state index in [4.69, 9.17) is 10.5 Å². The van der Waals surface area contributed by atoms with Gasteiger partial charge in [0.1, 0.15) is 5.75 Å². The van der Waals surface area contributed by atoms with Gasteiger partial charge in [-0.3, -0.25) is 0 Å². The molecule has 2 aromatic carbocycles. The fraction of sp³-hybridized carbons (Fsp3) is 0.125. The van der Waals surface area contributed by atoms with Crippen molar-refractivity contribution >= 4 is 10.9 Å². The maximum Gasteiger partial charge on any atom is 0.119 e. The zero-order chi connectivity index (χ0) is 13.2. The van der Waals surface area contributed by atoms with Gasteiger partial charge in [-0.25, -0.2) is 0 Å². The summed E-state index contributed by atoms with van der Waals surface area (Å²) in [6.07, 6.45) is 1.98. The van der Waals surface area contributed by atoms with E-state index in [1.165, 1.54) is 0 Å². The fourth-order valence-electron chi connectivity index (χ4n) is 2.37. The highest BCUT2D eigenvalue weighted by Gasteiger charge is 2.13. The Hall–Kier alpha value is -2.26. The van der Waals surface area contributed by atoms with Crippen LogP contribution < -0.4 is 10.5 Å². The van der Waals surface area contributed by atoms with Crippen LogP contribution in [0.2, 0.25) is 0 Å². The summed E-state index contributed by atoms with van der Waals surface area (Å²) in [6, 6.07) is 15.9. The predicted octanol–water partition coefficient (Wildman–Crippen LogP) is 3.22. The summed E-state index contributed by atoms with van der Waals surface area (Å²) in [6.45, 7) is 0. The van der Waals surface area contributed by atoms with Gasteiger partial charge in [0.25, 0.3) is 0 Å². The van der Waals surface area contributed by atoms with Crippen molar-refractivity contribution < 1.29 is 4.74 Å². The largest absolute Gasteiger partial charge is 0.497 e. The fourth-order valence-corrected chi connectivity index (χ4v) is 2.37. The molecule has 0 amide bonds. The van der Waals surface area contributed by atoms with Gasteiger partial charge in [0.05, 0.1) is 13.2 Å². The van der Waals surface area contributed by atoms with Crippen molar-refractivity contribution in [2.45, 2.75) is 6.04 Å². The van der Waals surface area contributed by atoms with Gasteiger partial charge in [0.2, 0.25) is 0 Å². The molecule has 96 valence electrons. The van der Waals surface area contributed by atoms with Gasteiger partial charge in [-0.2, -0.15) is 0 Å². The zero-order valence-corrected chi connectivity index (χ0v) is 10.8. The molecule has 0 saturated carbocycles. The number of H-pyrrole nitrogens is 1. The van der Waals surface area contributed by atoms with Crippen LogP contribution >= 0.6 is 0 Å². The minimum absolute atomic E-state index is 0.161. The van der Waals surface area contributed by atoms with Crippen LogP contribution in [-0.2, 0) is 0 Å². The van der Waals surface area contributed by atoms with Gasteiger partial charge in [-0.1, -0.05) is 30.3 Å². The highest BCUT2D eigenvalue weighted by molar-refractivity contribution is 5.84. The monoisotopic (exact) mass is 252 g/mol. The minimum atomic E-state index is -0.161. The van der Waals surface area contributed by atoms with Crippen LogP contribution in [0.15, 0.2) is 54.7 Å². The third kappa shape index (κ3) is 2.09. The minimum Gasteiger partial charge on any atom is -0.497 e. The average Bonchev–Trinajstić information content (AvgIpc) is 2.90. The Kier molecular flexibility index (Phi) is 2.97. The summed E-state index contributed by atoms with van der Waals surface area (Å²) in [5.41, 5.74) is 9.63. The Labute approximate surface area is 112 Å². The second-order valence-corrected chi connectivity index (χ2v) is 4.54. The SMILES string of the molecule is COc1cccc(C(N)c2c[nH]c3ccccc23)c1. The first kappa shape index (κ1) is 11.8. The van der Waals surface area contributed by atoms with E-state index in [0.29, 0.717) is 0 Å². The lowest BCUT2D eigenvalue weighted by Crippen LogP contribution is -2.11. The van der Waals surface area contributed by atoms with E-state index in [9.17, 15) is 0 Å². The summed E-state index contributed by atoms with van der Waals surface area (Å²) in [7, 11) is 1.66. The number of para-hydroxylation sites is 1. The number of aromatic amines is 1. The molecular formula is C16H16N2O. The molecule has 0 aliphatic rings. The molecule has 1 heterocycles. The van der Waals surface area contributed by atoms with Crippen molar-refractivity contribution in [2.75, 3.05) is 7.11 Å². The molecular weight excluding hydrogens is 236 g/mol. The number of aromatic nitrogens is 1. The Morgan fingerprint density at radius 1 is 1.11 bits per heavy atom. The van der Waals surface area contributed by atoms with Gasteiger partial charge >= 0.3 is 0 Å². The Balaban J connectivity index is 2.05. The highest BCUT2D eigenvalue weighted by atomic mass is 16.5. The number of nitrogens with one attached hydrogen (secondary N) is 1. The maximum absolute atomic E-state index is 6.37. The van der Waals surface area contributed by atoms with Gasteiger partial charge in [0.15, 0.2) is 0 Å². The summed E-state index contributed by atoms with van der Waals surface area (Å²) in [5, 5.41) is 1.16. The molecule has 0 aliphatic carbocycles. The summed E-state index contributed by atoms with van der Waals surface area (Å²) in [4.78, 5) is 3.26. The smallest absolute Gasteiger partial charge is 0.119 e. The molecule has 3 nitrogen and oxygen atoms in total. The highest BCUT2D eigenvalue weighted by Crippen LogP contribution is 2.28. The van der Waals surface area contributed by atoms with Crippen LogP contribution in [0.3, 0.4) is 0 Å². The predicted molar refractivity (Wildman–Crippen MR) is 77.3 cm³/mol. The summed E-state index contributed by atoms with van der Waals surface area (Å²) >= 11 is 0. The quantitative estimate of drug-likeness (QED) is 0.752. The van der Waals surface area contributed by atoms with Gasteiger partial charge in [-0.05, 0) is 29.3 Å². The molecule has 0 bridgehead atoms. The van der Waals surface area contributed by atoms with Crippen LogP contribution in [-0.4, -0.2) is 12.1 Å². The number of benzene rings is 2. The maximum atomic E-state index is 6.37. The lowest BCUT2D eigenvalue weighted by molar-refractivity contribution is 0.414. The number of hydrogen-bond acceptors (Lipinski definition) is 2. The van der Waals surface area contributed by atoms with Crippen molar-refractivity contribution in [3.8, 4) is 5.75 Å². The molecule has 3 rings (SSSR count). The molecule has 1 unspecified atom stereocenters. The molecule has 19 heavy (non-hydrogen) atoms. The standard InChI is InChI=1S/C16H16N2O/c1-19-12-6-4-5-11(9-12)16(17)14-10-18-15-8-3-2-7-13(14)15/h2-10,16,18H,17H2,1H3. The van der Waals surface area contributed by atoms with Crippen LogP contribution in [0, 0.1) is 0 Å². The molecule has 0 fully saturated rings. The first-order chi connectivity index (χ1) is 9.29. The zero-order valence-electron chi connectivity index (χ0n) is 10.8. The van der Waals surface area contributed by atoms with E-state index < -0.39 is 0 Å². The third-order valence-electron chi connectivity index (χ3n) is 3.41. The van der Waals surface area contributed by atoms with E-state index in [1.807, 2.05) is 42.6 Å². The van der Waals surface area contributed by atoms with Crippen LogP contribution in [0.1, 0.15) is 17.2 Å². The van der Waals surface area contributed by atoms with Crippen LogP contribution in [0.4, 0.5) is 0 Å². The Morgan fingerprint density at radius 3 is 2.79 bits per heavy atom. The molecule has 3 N–H and O–H groups in total. The normalized spacial score (nSPS) is 12.5. The Morgan fingerprint density at radius 2 is 1.95 bits per heavy atom. The molecule has 3 heteroatoms. The third-order valence-corrected chi connectivity index (χ3v) is 3.41. The first-order valence-electron chi connectivity index (χ1n) is 6.25. The summed E-state index contributed by atoms with van der Waals surface area (Å²) < 4.78 is 5.25. The molecule has 1 atom stereocenters. The molecule has 0 spiro atoms. The van der Waals surface area contributed by atoms with Crippen molar-refractivity contribution in [1.29, 1.82) is 0 Å². The lowest BCUT2D eigenvalue weighted by Gasteiger charge is -2.12. The van der Waals surface area contributed by atoms with Gasteiger partial charge in [-0.15, -0.1) is 0 Å². The number of hydrogen-bond donors (Lipinski definition) is 2. The van der Waals surface area contributed by atoms with Gasteiger partial charge < -0.3 is 15.5 Å². The summed E-state index contributed by atoms with van der Waals surface area (Å²) in [5.74, 6) is 0.827. The van der Waals surface area contributed by atoms with E-state index in [2.05, 4.69) is 17.1 Å². The molecule has 0 aliphatic heterocycles. The van der Waals surface area contributed by atoms with Crippen molar-refractivity contribution in [1.82, 2.24) is 4.98 Å². The van der Waals surface area contributed by atoms with Crippen molar-refractivity contribution in [2.24, 2.45) is 5.73 Å². The molecule has 3 aromatic rings. The lowest BCUT2D eigenvalue weighted by atomic mass is 9.99. The van der Waals surface area contributed by atoms with Gasteiger partial charge in [0, 0.05) is 17.1 Å². The number of fused-ring (bicyclic) bond motifs is 1. The topological polar surface area (TPSA) is 51.0 Å². The molecule has 0 saturated heterocycles.